The summed E-state index contributed by atoms with van der Waals surface area (Å²) in [4.78, 5) is 22.8. The van der Waals surface area contributed by atoms with E-state index in [9.17, 15) is 14.9 Å². The molecule has 0 aromatic heterocycles. The summed E-state index contributed by atoms with van der Waals surface area (Å²) in [7, 11) is 0. The molecule has 2 unspecified atom stereocenters. The molecule has 2 rings (SSSR count). The van der Waals surface area contributed by atoms with Crippen LogP contribution in [0.25, 0.3) is 0 Å². The summed E-state index contributed by atoms with van der Waals surface area (Å²) in [5, 5.41) is 13.7. The Labute approximate surface area is 132 Å². The Bertz CT molecular complexity index is 551. The lowest BCUT2D eigenvalue weighted by atomic mass is 10.1. The quantitative estimate of drug-likeness (QED) is 0.395. The van der Waals surface area contributed by atoms with Gasteiger partial charge in [-0.3, -0.25) is 14.9 Å². The Morgan fingerprint density at radius 2 is 2.00 bits per heavy atom. The summed E-state index contributed by atoms with van der Waals surface area (Å²) >= 11 is 12.2. The van der Waals surface area contributed by atoms with Crippen LogP contribution in [0, 0.1) is 10.1 Å². The van der Waals surface area contributed by atoms with Crippen LogP contribution in [-0.4, -0.2) is 22.2 Å². The third-order valence-corrected chi connectivity index (χ3v) is 4.50. The number of rotatable bonds is 3. The topological polar surface area (TPSA) is 72.2 Å². The van der Waals surface area contributed by atoms with Crippen molar-refractivity contribution in [3.05, 3.63) is 38.9 Å². The largest absolute Gasteiger partial charge is 0.348 e. The van der Waals surface area contributed by atoms with Gasteiger partial charge in [0.15, 0.2) is 0 Å². The first kappa shape index (κ1) is 16.0. The summed E-state index contributed by atoms with van der Waals surface area (Å²) in [6, 6.07) is 4.01. The number of halogens is 2. The third kappa shape index (κ3) is 3.86. The molecule has 1 aromatic carbocycles. The van der Waals surface area contributed by atoms with Crippen LogP contribution in [0.3, 0.4) is 0 Å². The summed E-state index contributed by atoms with van der Waals surface area (Å²) in [5.74, 6) is -0.537. The first-order valence-corrected chi connectivity index (χ1v) is 7.70. The van der Waals surface area contributed by atoms with Crippen molar-refractivity contribution < 1.29 is 9.72 Å². The second kappa shape index (κ2) is 7.09. The predicted octanol–water partition coefficient (Wildman–Crippen LogP) is 3.92. The van der Waals surface area contributed by atoms with Crippen molar-refractivity contribution in [3.63, 3.8) is 0 Å². The molecule has 0 aliphatic heterocycles. The fraction of sp³-hybridized carbons (Fsp3) is 0.500. The van der Waals surface area contributed by atoms with Crippen LogP contribution in [0.15, 0.2) is 18.2 Å². The molecule has 5 nitrogen and oxygen atoms in total. The molecule has 1 aliphatic carbocycles. The molecular formula is C14H16Cl2N2O3. The highest BCUT2D eigenvalue weighted by atomic mass is 35.5. The van der Waals surface area contributed by atoms with Crippen LogP contribution < -0.4 is 5.32 Å². The van der Waals surface area contributed by atoms with Crippen molar-refractivity contribution in [3.8, 4) is 0 Å². The third-order valence-electron chi connectivity index (χ3n) is 3.66. The number of hydrogen-bond donors (Lipinski definition) is 1. The van der Waals surface area contributed by atoms with E-state index in [0.29, 0.717) is 0 Å². The van der Waals surface area contributed by atoms with Gasteiger partial charge in [0.1, 0.15) is 5.56 Å². The maximum Gasteiger partial charge on any atom is 0.283 e. The number of alkyl halides is 1. The van der Waals surface area contributed by atoms with E-state index in [0.717, 1.165) is 32.1 Å². The predicted molar refractivity (Wildman–Crippen MR) is 82.1 cm³/mol. The van der Waals surface area contributed by atoms with Crippen LogP contribution in [0.2, 0.25) is 5.02 Å². The summed E-state index contributed by atoms with van der Waals surface area (Å²) < 4.78 is 0. The van der Waals surface area contributed by atoms with Gasteiger partial charge in [0.25, 0.3) is 11.6 Å². The lowest BCUT2D eigenvalue weighted by Gasteiger charge is -2.21. The number of nitrogens with one attached hydrogen (secondary N) is 1. The van der Waals surface area contributed by atoms with E-state index in [1.807, 2.05) is 0 Å². The van der Waals surface area contributed by atoms with Crippen LogP contribution in [-0.2, 0) is 0 Å². The molecular weight excluding hydrogens is 315 g/mol. The van der Waals surface area contributed by atoms with Crippen molar-refractivity contribution in [1.82, 2.24) is 5.32 Å². The van der Waals surface area contributed by atoms with Crippen molar-refractivity contribution in [2.24, 2.45) is 0 Å². The number of nitro groups is 1. The molecule has 2 atom stereocenters. The molecule has 0 spiro atoms. The first-order valence-electron chi connectivity index (χ1n) is 6.88. The van der Waals surface area contributed by atoms with Crippen molar-refractivity contribution in [2.45, 2.75) is 43.5 Å². The number of carbonyl (C=O) groups excluding carboxylic acids is 1. The number of hydrogen-bond acceptors (Lipinski definition) is 3. The monoisotopic (exact) mass is 330 g/mol. The second-order valence-corrected chi connectivity index (χ2v) is 6.09. The van der Waals surface area contributed by atoms with Gasteiger partial charge in [-0.15, -0.1) is 11.6 Å². The zero-order valence-electron chi connectivity index (χ0n) is 11.4. The summed E-state index contributed by atoms with van der Waals surface area (Å²) in [6.07, 6.45) is 4.71. The van der Waals surface area contributed by atoms with E-state index >= 15 is 0 Å². The summed E-state index contributed by atoms with van der Waals surface area (Å²) in [5.41, 5.74) is -0.392. The van der Waals surface area contributed by atoms with Crippen LogP contribution >= 0.6 is 23.2 Å². The van der Waals surface area contributed by atoms with E-state index in [2.05, 4.69) is 5.32 Å². The smallest absolute Gasteiger partial charge is 0.283 e. The number of amides is 1. The highest BCUT2D eigenvalue weighted by molar-refractivity contribution is 6.34. The van der Waals surface area contributed by atoms with Gasteiger partial charge in [-0.1, -0.05) is 36.9 Å². The van der Waals surface area contributed by atoms with Gasteiger partial charge < -0.3 is 5.32 Å². The molecule has 1 saturated carbocycles. The normalized spacial score (nSPS) is 22.4. The lowest BCUT2D eigenvalue weighted by molar-refractivity contribution is -0.385. The minimum absolute atomic E-state index is 0.0708. The maximum absolute atomic E-state index is 12.4. The van der Waals surface area contributed by atoms with Gasteiger partial charge in [0.2, 0.25) is 0 Å². The van der Waals surface area contributed by atoms with Crippen LogP contribution in [0.4, 0.5) is 5.69 Å². The Balaban J connectivity index is 2.22. The summed E-state index contributed by atoms with van der Waals surface area (Å²) in [6.45, 7) is 0. The second-order valence-electron chi connectivity index (χ2n) is 5.13. The maximum atomic E-state index is 12.4. The van der Waals surface area contributed by atoms with Gasteiger partial charge in [0, 0.05) is 12.1 Å². The molecule has 21 heavy (non-hydrogen) atoms. The molecule has 114 valence electrons. The van der Waals surface area contributed by atoms with Gasteiger partial charge in [-0.2, -0.15) is 0 Å². The van der Waals surface area contributed by atoms with Crippen molar-refractivity contribution in [1.29, 1.82) is 0 Å². The van der Waals surface area contributed by atoms with E-state index in [1.165, 1.54) is 18.2 Å². The van der Waals surface area contributed by atoms with E-state index < -0.39 is 10.8 Å². The molecule has 0 saturated heterocycles. The van der Waals surface area contributed by atoms with E-state index in [4.69, 9.17) is 23.2 Å². The average molecular weight is 331 g/mol. The molecule has 1 fully saturated rings. The van der Waals surface area contributed by atoms with Crippen molar-refractivity contribution >= 4 is 34.8 Å². The van der Waals surface area contributed by atoms with Gasteiger partial charge in [-0.05, 0) is 18.9 Å². The Morgan fingerprint density at radius 1 is 1.29 bits per heavy atom. The Hall–Kier alpha value is -1.33. The molecule has 7 heteroatoms. The van der Waals surface area contributed by atoms with Crippen molar-refractivity contribution in [2.75, 3.05) is 0 Å². The first-order chi connectivity index (χ1) is 10.0. The molecule has 0 heterocycles. The minimum atomic E-state index is -0.605. The van der Waals surface area contributed by atoms with E-state index in [1.54, 1.807) is 0 Å². The van der Waals surface area contributed by atoms with Crippen LogP contribution in [0.5, 0.6) is 0 Å². The molecule has 0 radical (unpaired) electrons. The molecule has 1 aromatic rings. The molecule has 1 N–H and O–H groups in total. The number of carbonyl (C=O) groups is 1. The Morgan fingerprint density at radius 3 is 2.71 bits per heavy atom. The van der Waals surface area contributed by atoms with Gasteiger partial charge in [-0.25, -0.2) is 0 Å². The SMILES string of the molecule is O=C(NC1CCCCCC1Cl)c1c(Cl)cccc1[N+](=O)[O-]. The standard InChI is InChI=1S/C14H16Cl2N2O3/c15-9-5-2-1-3-7-11(9)17-14(19)13-10(16)6-4-8-12(13)18(20)21/h4,6,8-9,11H,1-3,5,7H2,(H,17,19). The Kier molecular flexibility index (Phi) is 5.42. The molecule has 0 bridgehead atoms. The fourth-order valence-corrected chi connectivity index (χ4v) is 3.15. The van der Waals surface area contributed by atoms with Gasteiger partial charge >= 0.3 is 0 Å². The fourth-order valence-electron chi connectivity index (χ4n) is 2.56. The van der Waals surface area contributed by atoms with Gasteiger partial charge in [0.05, 0.1) is 15.3 Å². The number of nitrogens with zero attached hydrogens (tertiary/aromatic N) is 1. The van der Waals surface area contributed by atoms with E-state index in [-0.39, 0.29) is 27.7 Å². The molecule has 1 aliphatic rings. The zero-order chi connectivity index (χ0) is 15.4. The minimum Gasteiger partial charge on any atom is -0.348 e. The number of nitro benzene ring substituents is 1. The zero-order valence-corrected chi connectivity index (χ0v) is 12.9. The number of benzene rings is 1. The highest BCUT2D eigenvalue weighted by Crippen LogP contribution is 2.28. The molecule has 1 amide bonds. The lowest BCUT2D eigenvalue weighted by Crippen LogP contribution is -2.40. The van der Waals surface area contributed by atoms with Crippen LogP contribution in [0.1, 0.15) is 42.5 Å². The average Bonchev–Trinajstić information content (AvgIpc) is 2.63. The highest BCUT2D eigenvalue weighted by Gasteiger charge is 2.28.